The minimum Gasteiger partial charge on any atom is -0.322 e. The van der Waals surface area contributed by atoms with Gasteiger partial charge in [0, 0.05) is 22.3 Å². The van der Waals surface area contributed by atoms with Crippen molar-refractivity contribution in [1.82, 2.24) is 4.98 Å². The number of hydrogen-bond acceptors (Lipinski definition) is 4. The molecule has 1 heterocycles. The average molecular weight is 488 g/mol. The second kappa shape index (κ2) is 11.0. The first-order chi connectivity index (χ1) is 16.5. The Morgan fingerprint density at radius 2 is 1.65 bits per heavy atom. The maximum absolute atomic E-state index is 13.2. The van der Waals surface area contributed by atoms with Crippen molar-refractivity contribution in [1.29, 1.82) is 0 Å². The predicted octanol–water partition coefficient (Wildman–Crippen LogP) is 6.77. The monoisotopic (exact) mass is 487 g/mol. The van der Waals surface area contributed by atoms with Gasteiger partial charge in [0.25, 0.3) is 5.91 Å². The SMILES string of the molecule is Cc1ccccc1C(=O)Nc1cccc(SC(C(=O)Nc2ccc(Cl)cn2)c2ccccc2)c1. The number of aryl methyl sites for hydroxylation is 1. The molecule has 7 heteroatoms. The molecule has 0 fully saturated rings. The fraction of sp³-hybridized carbons (Fsp3) is 0.0741. The van der Waals surface area contributed by atoms with Gasteiger partial charge in [-0.3, -0.25) is 9.59 Å². The number of anilines is 2. The van der Waals surface area contributed by atoms with Crippen LogP contribution in [-0.2, 0) is 4.79 Å². The van der Waals surface area contributed by atoms with Gasteiger partial charge in [-0.25, -0.2) is 4.98 Å². The Morgan fingerprint density at radius 3 is 2.38 bits per heavy atom. The minimum absolute atomic E-state index is 0.175. The second-order valence-electron chi connectivity index (χ2n) is 7.56. The highest BCUT2D eigenvalue weighted by molar-refractivity contribution is 8.00. The lowest BCUT2D eigenvalue weighted by Crippen LogP contribution is -2.19. The average Bonchev–Trinajstić information content (AvgIpc) is 2.85. The van der Waals surface area contributed by atoms with Crippen molar-refractivity contribution in [3.63, 3.8) is 0 Å². The van der Waals surface area contributed by atoms with Gasteiger partial charge < -0.3 is 10.6 Å². The number of benzene rings is 3. The summed E-state index contributed by atoms with van der Waals surface area (Å²) in [5, 5.41) is 5.78. The number of thioether (sulfide) groups is 1. The summed E-state index contributed by atoms with van der Waals surface area (Å²) >= 11 is 7.30. The van der Waals surface area contributed by atoms with Crippen molar-refractivity contribution in [3.8, 4) is 0 Å². The maximum atomic E-state index is 13.2. The van der Waals surface area contributed by atoms with Crippen LogP contribution >= 0.6 is 23.4 Å². The smallest absolute Gasteiger partial charge is 0.255 e. The summed E-state index contributed by atoms with van der Waals surface area (Å²) in [4.78, 5) is 30.9. The lowest BCUT2D eigenvalue weighted by atomic mass is 10.1. The van der Waals surface area contributed by atoms with E-state index in [1.54, 1.807) is 18.2 Å². The van der Waals surface area contributed by atoms with Crippen LogP contribution in [0, 0.1) is 6.92 Å². The molecule has 0 spiro atoms. The Bertz CT molecular complexity index is 1300. The Hall–Kier alpha value is -3.61. The molecule has 0 aliphatic rings. The zero-order chi connectivity index (χ0) is 23.9. The van der Waals surface area contributed by atoms with E-state index < -0.39 is 5.25 Å². The molecule has 0 aliphatic heterocycles. The van der Waals surface area contributed by atoms with Crippen molar-refractivity contribution in [2.24, 2.45) is 0 Å². The number of aromatic nitrogens is 1. The van der Waals surface area contributed by atoms with Crippen molar-refractivity contribution in [2.75, 3.05) is 10.6 Å². The van der Waals surface area contributed by atoms with Crippen LogP contribution in [0.25, 0.3) is 0 Å². The number of carbonyl (C=O) groups is 2. The minimum atomic E-state index is -0.527. The first-order valence-corrected chi connectivity index (χ1v) is 11.9. The Labute approximate surface area is 207 Å². The van der Waals surface area contributed by atoms with E-state index in [2.05, 4.69) is 15.6 Å². The molecule has 5 nitrogen and oxygen atoms in total. The third kappa shape index (κ3) is 6.04. The summed E-state index contributed by atoms with van der Waals surface area (Å²) in [6.07, 6.45) is 1.49. The van der Waals surface area contributed by atoms with Gasteiger partial charge in [-0.15, -0.1) is 11.8 Å². The summed E-state index contributed by atoms with van der Waals surface area (Å²) in [5.41, 5.74) is 3.04. The van der Waals surface area contributed by atoms with Crippen LogP contribution in [0.15, 0.2) is 102 Å². The third-order valence-corrected chi connectivity index (χ3v) is 6.53. The van der Waals surface area contributed by atoms with Crippen molar-refractivity contribution >= 4 is 46.7 Å². The van der Waals surface area contributed by atoms with Gasteiger partial charge in [-0.05, 0) is 54.4 Å². The molecule has 0 aliphatic carbocycles. The van der Waals surface area contributed by atoms with Gasteiger partial charge in [0.1, 0.15) is 11.1 Å². The predicted molar refractivity (Wildman–Crippen MR) is 138 cm³/mol. The zero-order valence-electron chi connectivity index (χ0n) is 18.4. The molecule has 170 valence electrons. The van der Waals surface area contributed by atoms with E-state index in [4.69, 9.17) is 11.6 Å². The van der Waals surface area contributed by atoms with Gasteiger partial charge in [-0.1, -0.05) is 66.2 Å². The van der Waals surface area contributed by atoms with E-state index in [-0.39, 0.29) is 11.8 Å². The van der Waals surface area contributed by atoms with E-state index in [1.165, 1.54) is 18.0 Å². The van der Waals surface area contributed by atoms with E-state index in [0.29, 0.717) is 22.1 Å². The van der Waals surface area contributed by atoms with Crippen LogP contribution in [0.5, 0.6) is 0 Å². The second-order valence-corrected chi connectivity index (χ2v) is 9.17. The van der Waals surface area contributed by atoms with Gasteiger partial charge in [0.2, 0.25) is 5.91 Å². The lowest BCUT2D eigenvalue weighted by molar-refractivity contribution is -0.115. The van der Waals surface area contributed by atoms with Crippen molar-refractivity contribution < 1.29 is 9.59 Å². The van der Waals surface area contributed by atoms with Gasteiger partial charge in [-0.2, -0.15) is 0 Å². The number of nitrogens with one attached hydrogen (secondary N) is 2. The first kappa shape index (κ1) is 23.5. The fourth-order valence-corrected chi connectivity index (χ4v) is 4.55. The largest absolute Gasteiger partial charge is 0.322 e. The lowest BCUT2D eigenvalue weighted by Gasteiger charge is -2.17. The molecule has 4 aromatic rings. The van der Waals surface area contributed by atoms with Crippen LogP contribution in [0.2, 0.25) is 5.02 Å². The molecule has 34 heavy (non-hydrogen) atoms. The standard InChI is InChI=1S/C27H22ClN3O2S/c1-18-8-5-6-13-23(18)26(32)30-21-11-7-12-22(16-21)34-25(19-9-3-2-4-10-19)27(33)31-24-15-14-20(28)17-29-24/h2-17,25H,1H3,(H,30,32)(H,29,31,33). The number of amides is 2. The maximum Gasteiger partial charge on any atom is 0.255 e. The zero-order valence-corrected chi connectivity index (χ0v) is 19.9. The molecule has 0 bridgehead atoms. The number of pyridine rings is 1. The Balaban J connectivity index is 1.54. The highest BCUT2D eigenvalue weighted by atomic mass is 35.5. The third-order valence-electron chi connectivity index (χ3n) is 5.05. The van der Waals surface area contributed by atoms with E-state index in [1.807, 2.05) is 79.7 Å². The molecule has 1 aromatic heterocycles. The molecule has 0 saturated heterocycles. The normalized spacial score (nSPS) is 11.5. The van der Waals surface area contributed by atoms with Crippen LogP contribution < -0.4 is 10.6 Å². The fourth-order valence-electron chi connectivity index (χ4n) is 3.35. The van der Waals surface area contributed by atoms with Gasteiger partial charge >= 0.3 is 0 Å². The van der Waals surface area contributed by atoms with Gasteiger partial charge in [0.15, 0.2) is 0 Å². The molecule has 2 amide bonds. The molecule has 3 aromatic carbocycles. The number of carbonyl (C=O) groups excluding carboxylic acids is 2. The molecular weight excluding hydrogens is 466 g/mol. The van der Waals surface area contributed by atoms with Crippen molar-refractivity contribution in [3.05, 3.63) is 119 Å². The highest BCUT2D eigenvalue weighted by Crippen LogP contribution is 2.37. The number of halogens is 1. The van der Waals surface area contributed by atoms with E-state index in [9.17, 15) is 9.59 Å². The first-order valence-electron chi connectivity index (χ1n) is 10.6. The van der Waals surface area contributed by atoms with Crippen LogP contribution in [-0.4, -0.2) is 16.8 Å². The quantitative estimate of drug-likeness (QED) is 0.282. The highest BCUT2D eigenvalue weighted by Gasteiger charge is 2.23. The summed E-state index contributed by atoms with van der Waals surface area (Å²) in [7, 11) is 0. The molecule has 0 radical (unpaired) electrons. The van der Waals surface area contributed by atoms with Crippen LogP contribution in [0.3, 0.4) is 0 Å². The summed E-state index contributed by atoms with van der Waals surface area (Å²) in [6.45, 7) is 1.90. The topological polar surface area (TPSA) is 71.1 Å². The molecule has 1 atom stereocenters. The van der Waals surface area contributed by atoms with E-state index >= 15 is 0 Å². The van der Waals surface area contributed by atoms with Gasteiger partial charge in [0.05, 0.1) is 5.02 Å². The summed E-state index contributed by atoms with van der Waals surface area (Å²) in [6, 6.07) is 27.8. The summed E-state index contributed by atoms with van der Waals surface area (Å²) in [5.74, 6) is 0.0435. The molecule has 2 N–H and O–H groups in total. The van der Waals surface area contributed by atoms with Crippen molar-refractivity contribution in [2.45, 2.75) is 17.1 Å². The van der Waals surface area contributed by atoms with Crippen LogP contribution in [0.1, 0.15) is 26.7 Å². The van der Waals surface area contributed by atoms with E-state index in [0.717, 1.165) is 16.0 Å². The Morgan fingerprint density at radius 1 is 0.882 bits per heavy atom. The Kier molecular flexibility index (Phi) is 7.62. The summed E-state index contributed by atoms with van der Waals surface area (Å²) < 4.78 is 0. The molecular formula is C27H22ClN3O2S. The number of nitrogens with zero attached hydrogens (tertiary/aromatic N) is 1. The van der Waals surface area contributed by atoms with Crippen LogP contribution in [0.4, 0.5) is 11.5 Å². The molecule has 1 unspecified atom stereocenters. The number of rotatable bonds is 7. The molecule has 0 saturated carbocycles. The number of hydrogen-bond donors (Lipinski definition) is 2. The molecule has 4 rings (SSSR count).